The third-order valence-electron chi connectivity index (χ3n) is 4.47. The fourth-order valence-corrected chi connectivity index (χ4v) is 2.81. The number of hydrogen-bond acceptors (Lipinski definition) is 3. The number of aromatic nitrogens is 1. The Morgan fingerprint density at radius 3 is 2.50 bits per heavy atom. The highest BCUT2D eigenvalue weighted by Crippen LogP contribution is 2.43. The van der Waals surface area contributed by atoms with Crippen molar-refractivity contribution in [1.29, 1.82) is 0 Å². The lowest BCUT2D eigenvalue weighted by Gasteiger charge is -2.53. The van der Waals surface area contributed by atoms with E-state index < -0.39 is 0 Å². The van der Waals surface area contributed by atoms with Gasteiger partial charge in [-0.1, -0.05) is 27.7 Å². The number of ether oxygens (including phenoxy) is 1. The van der Waals surface area contributed by atoms with Gasteiger partial charge in [-0.2, -0.15) is 0 Å². The van der Waals surface area contributed by atoms with Gasteiger partial charge in [0.25, 0.3) is 0 Å². The molecule has 0 spiro atoms. The van der Waals surface area contributed by atoms with Crippen molar-refractivity contribution >= 4 is 0 Å². The van der Waals surface area contributed by atoms with E-state index in [9.17, 15) is 0 Å². The van der Waals surface area contributed by atoms with Crippen molar-refractivity contribution in [3.05, 3.63) is 30.1 Å². The van der Waals surface area contributed by atoms with E-state index in [4.69, 9.17) is 4.74 Å². The number of pyridine rings is 1. The van der Waals surface area contributed by atoms with E-state index in [2.05, 4.69) is 57.1 Å². The van der Waals surface area contributed by atoms with Gasteiger partial charge >= 0.3 is 0 Å². The summed E-state index contributed by atoms with van der Waals surface area (Å²) >= 11 is 0. The summed E-state index contributed by atoms with van der Waals surface area (Å²) in [5.74, 6) is 0.605. The second kappa shape index (κ2) is 6.23. The molecule has 1 aliphatic carbocycles. The highest BCUT2D eigenvalue weighted by molar-refractivity contribution is 5.15. The van der Waals surface area contributed by atoms with Crippen LogP contribution >= 0.6 is 0 Å². The summed E-state index contributed by atoms with van der Waals surface area (Å²) in [7, 11) is 0. The molecule has 112 valence electrons. The summed E-state index contributed by atoms with van der Waals surface area (Å²) in [5, 5.41) is 3.73. The maximum atomic E-state index is 6.02. The second-order valence-electron chi connectivity index (χ2n) is 6.99. The molecule has 0 saturated heterocycles. The fraction of sp³-hybridized carbons (Fsp3) is 0.706. The molecule has 0 radical (unpaired) electrons. The summed E-state index contributed by atoms with van der Waals surface area (Å²) in [6.45, 7) is 12.1. The summed E-state index contributed by atoms with van der Waals surface area (Å²) < 4.78 is 6.02. The van der Waals surface area contributed by atoms with Crippen LogP contribution in [0.5, 0.6) is 0 Å². The first-order valence-corrected chi connectivity index (χ1v) is 7.68. The van der Waals surface area contributed by atoms with E-state index >= 15 is 0 Å². The van der Waals surface area contributed by atoms with Crippen LogP contribution in [0.4, 0.5) is 0 Å². The molecule has 1 saturated carbocycles. The van der Waals surface area contributed by atoms with E-state index in [1.54, 1.807) is 0 Å². The molecule has 1 aliphatic rings. The van der Waals surface area contributed by atoms with Crippen molar-refractivity contribution < 1.29 is 4.74 Å². The Morgan fingerprint density at radius 2 is 1.95 bits per heavy atom. The van der Waals surface area contributed by atoms with Gasteiger partial charge in [0.15, 0.2) is 0 Å². The lowest BCUT2D eigenvalue weighted by atomic mass is 9.64. The molecular weight excluding hydrogens is 248 g/mol. The molecule has 3 unspecified atom stereocenters. The molecule has 0 bridgehead atoms. The van der Waals surface area contributed by atoms with Gasteiger partial charge in [0, 0.05) is 36.5 Å². The molecule has 1 heterocycles. The maximum Gasteiger partial charge on any atom is 0.0656 e. The molecule has 1 fully saturated rings. The zero-order chi connectivity index (χ0) is 14.8. The van der Waals surface area contributed by atoms with E-state index in [0.29, 0.717) is 24.1 Å². The van der Waals surface area contributed by atoms with Crippen molar-refractivity contribution in [1.82, 2.24) is 10.3 Å². The monoisotopic (exact) mass is 276 g/mol. The van der Waals surface area contributed by atoms with Gasteiger partial charge in [0.1, 0.15) is 0 Å². The van der Waals surface area contributed by atoms with Crippen molar-refractivity contribution in [2.45, 2.75) is 59.2 Å². The van der Waals surface area contributed by atoms with Crippen LogP contribution in [0, 0.1) is 11.3 Å². The van der Waals surface area contributed by atoms with Gasteiger partial charge in [-0.15, -0.1) is 0 Å². The number of hydrogen-bond donors (Lipinski definition) is 1. The lowest BCUT2D eigenvalue weighted by molar-refractivity contribution is -0.125. The third-order valence-corrected chi connectivity index (χ3v) is 4.47. The minimum absolute atomic E-state index is 0.205. The van der Waals surface area contributed by atoms with Crippen LogP contribution in [0.2, 0.25) is 0 Å². The first-order chi connectivity index (χ1) is 9.41. The lowest BCUT2D eigenvalue weighted by Crippen LogP contribution is -2.61. The maximum absolute atomic E-state index is 6.02. The van der Waals surface area contributed by atoms with Crippen LogP contribution in [0.1, 0.15) is 52.6 Å². The quantitative estimate of drug-likeness (QED) is 0.862. The van der Waals surface area contributed by atoms with Gasteiger partial charge in [0.05, 0.1) is 6.10 Å². The molecule has 1 aromatic heterocycles. The molecule has 3 nitrogen and oxygen atoms in total. The van der Waals surface area contributed by atoms with Crippen molar-refractivity contribution in [2.75, 3.05) is 6.61 Å². The average molecular weight is 276 g/mol. The Hall–Kier alpha value is -0.930. The molecule has 20 heavy (non-hydrogen) atoms. The van der Waals surface area contributed by atoms with E-state index in [1.807, 2.05) is 12.4 Å². The first kappa shape index (κ1) is 15.5. The minimum Gasteiger partial charge on any atom is -0.377 e. The average Bonchev–Trinajstić information content (AvgIpc) is 2.42. The molecule has 1 N–H and O–H groups in total. The summed E-state index contributed by atoms with van der Waals surface area (Å²) in [4.78, 5) is 4.07. The van der Waals surface area contributed by atoms with Crippen LogP contribution in [0.25, 0.3) is 0 Å². The summed E-state index contributed by atoms with van der Waals surface area (Å²) in [6, 6.07) is 5.03. The SMILES string of the molecule is CC(C)COC1CC(NC(C)c2ccncc2)C1(C)C. The molecule has 0 aliphatic heterocycles. The van der Waals surface area contributed by atoms with Gasteiger partial charge in [-0.3, -0.25) is 4.98 Å². The van der Waals surface area contributed by atoms with Crippen LogP contribution in [0.3, 0.4) is 0 Å². The number of nitrogens with one attached hydrogen (secondary N) is 1. The summed E-state index contributed by atoms with van der Waals surface area (Å²) in [6.07, 6.45) is 5.20. The molecule has 1 aromatic rings. The Kier molecular flexibility index (Phi) is 4.82. The van der Waals surface area contributed by atoms with Crippen molar-refractivity contribution in [3.8, 4) is 0 Å². The predicted molar refractivity (Wildman–Crippen MR) is 82.6 cm³/mol. The van der Waals surface area contributed by atoms with E-state index in [1.165, 1.54) is 5.56 Å². The highest BCUT2D eigenvalue weighted by atomic mass is 16.5. The van der Waals surface area contributed by atoms with Crippen LogP contribution < -0.4 is 5.32 Å². The fourth-order valence-electron chi connectivity index (χ4n) is 2.81. The van der Waals surface area contributed by atoms with E-state index in [0.717, 1.165) is 13.0 Å². The largest absolute Gasteiger partial charge is 0.377 e. The number of nitrogens with zero attached hydrogens (tertiary/aromatic N) is 1. The smallest absolute Gasteiger partial charge is 0.0656 e. The topological polar surface area (TPSA) is 34.1 Å². The van der Waals surface area contributed by atoms with Gasteiger partial charge < -0.3 is 10.1 Å². The normalized spacial score (nSPS) is 26.3. The highest BCUT2D eigenvalue weighted by Gasteiger charge is 2.49. The Balaban J connectivity index is 1.86. The molecule has 2 rings (SSSR count). The minimum atomic E-state index is 0.205. The Morgan fingerprint density at radius 1 is 1.30 bits per heavy atom. The molecule has 0 aromatic carbocycles. The summed E-state index contributed by atoms with van der Waals surface area (Å²) in [5.41, 5.74) is 1.50. The van der Waals surface area contributed by atoms with Crippen molar-refractivity contribution in [2.24, 2.45) is 11.3 Å². The van der Waals surface area contributed by atoms with Gasteiger partial charge in [-0.05, 0) is 37.0 Å². The van der Waals surface area contributed by atoms with Crippen LogP contribution in [0.15, 0.2) is 24.5 Å². The molecular formula is C17H28N2O. The van der Waals surface area contributed by atoms with Gasteiger partial charge in [-0.25, -0.2) is 0 Å². The van der Waals surface area contributed by atoms with E-state index in [-0.39, 0.29) is 5.41 Å². The van der Waals surface area contributed by atoms with Crippen LogP contribution in [-0.4, -0.2) is 23.7 Å². The van der Waals surface area contributed by atoms with Crippen LogP contribution in [-0.2, 0) is 4.74 Å². The molecule has 3 heteroatoms. The second-order valence-corrected chi connectivity index (χ2v) is 6.99. The predicted octanol–water partition coefficient (Wildman–Crippen LogP) is 3.57. The zero-order valence-electron chi connectivity index (χ0n) is 13.4. The third kappa shape index (κ3) is 3.39. The van der Waals surface area contributed by atoms with Crippen molar-refractivity contribution in [3.63, 3.8) is 0 Å². The Bertz CT molecular complexity index is 416. The first-order valence-electron chi connectivity index (χ1n) is 7.68. The molecule has 0 amide bonds. The van der Waals surface area contributed by atoms with Gasteiger partial charge in [0.2, 0.25) is 0 Å². The number of rotatable bonds is 6. The zero-order valence-corrected chi connectivity index (χ0v) is 13.4. The Labute approximate surface area is 123 Å². The standard InChI is InChI=1S/C17H28N2O/c1-12(2)11-20-16-10-15(17(16,4)5)19-13(3)14-6-8-18-9-7-14/h6-9,12-13,15-16,19H,10-11H2,1-5H3. The molecule has 3 atom stereocenters.